The maximum atomic E-state index is 15.0. The molecule has 2 N–H and O–H groups in total. The lowest BCUT2D eigenvalue weighted by Gasteiger charge is -2.22. The molecule has 3 aromatic carbocycles. The first-order valence-corrected chi connectivity index (χ1v) is 14.0. The van der Waals surface area contributed by atoms with Crippen LogP contribution in [0.4, 0.5) is 4.39 Å². The van der Waals surface area contributed by atoms with E-state index in [4.69, 9.17) is 9.47 Å². The van der Waals surface area contributed by atoms with Crippen molar-refractivity contribution in [3.05, 3.63) is 102 Å². The van der Waals surface area contributed by atoms with Crippen molar-refractivity contribution in [3.63, 3.8) is 0 Å². The molecule has 3 aliphatic heterocycles. The standard InChI is InChI=1S/C32H32FN5O4/c1-2-38-20-34-15-24(38)16-37-17-29-30(18-37)42-25-9-6-21(7-10-25)14-35-31(39)19-41-26-5-3-4-22(12-26)23-8-11-28(33)27(13-23)32(40)36-29/h3-13,15,20,29-30H,2,14,16-19H2,1H3,(H,35,39)(H,36,40)/t29-,30-/m0/s1. The Bertz CT molecular complexity index is 1590. The fraction of sp³-hybridized carbons (Fsp3) is 0.281. The van der Waals surface area contributed by atoms with E-state index in [9.17, 15) is 9.59 Å². The average molecular weight is 570 g/mol. The first kappa shape index (κ1) is 27.5. The van der Waals surface area contributed by atoms with Gasteiger partial charge >= 0.3 is 0 Å². The highest BCUT2D eigenvalue weighted by atomic mass is 19.1. The van der Waals surface area contributed by atoms with Crippen LogP contribution >= 0.6 is 0 Å². The van der Waals surface area contributed by atoms with Crippen LogP contribution in [0.2, 0.25) is 0 Å². The Kier molecular flexibility index (Phi) is 7.87. The summed E-state index contributed by atoms with van der Waals surface area (Å²) >= 11 is 0. The second kappa shape index (κ2) is 12.0. The van der Waals surface area contributed by atoms with Gasteiger partial charge in [-0.15, -0.1) is 0 Å². The van der Waals surface area contributed by atoms with Crippen molar-refractivity contribution in [2.24, 2.45) is 0 Å². The minimum atomic E-state index is -0.614. The van der Waals surface area contributed by atoms with E-state index in [1.54, 1.807) is 30.6 Å². The molecule has 0 radical (unpaired) electrons. The van der Waals surface area contributed by atoms with Gasteiger partial charge in [0, 0.05) is 38.9 Å². The van der Waals surface area contributed by atoms with Crippen molar-refractivity contribution < 1.29 is 23.5 Å². The summed E-state index contributed by atoms with van der Waals surface area (Å²) in [6, 6.07) is 18.7. The lowest BCUT2D eigenvalue weighted by atomic mass is 10.0. The van der Waals surface area contributed by atoms with Gasteiger partial charge < -0.3 is 24.7 Å². The van der Waals surface area contributed by atoms with E-state index in [0.717, 1.165) is 23.4 Å². The number of ether oxygens (including phenoxy) is 2. The van der Waals surface area contributed by atoms with Gasteiger partial charge in [0.15, 0.2) is 6.61 Å². The number of carbonyl (C=O) groups is 2. The number of benzene rings is 3. The molecule has 2 atom stereocenters. The van der Waals surface area contributed by atoms with E-state index in [-0.39, 0.29) is 30.2 Å². The predicted molar refractivity (Wildman–Crippen MR) is 154 cm³/mol. The van der Waals surface area contributed by atoms with Gasteiger partial charge in [0.25, 0.3) is 11.8 Å². The zero-order valence-corrected chi connectivity index (χ0v) is 23.3. The van der Waals surface area contributed by atoms with Gasteiger partial charge in [-0.3, -0.25) is 14.5 Å². The number of likely N-dealkylation sites (tertiary alicyclic amines) is 1. The highest BCUT2D eigenvalue weighted by Crippen LogP contribution is 2.27. The second-order valence-electron chi connectivity index (χ2n) is 10.5. The summed E-state index contributed by atoms with van der Waals surface area (Å²) in [5.74, 6) is -0.250. The van der Waals surface area contributed by atoms with Crippen molar-refractivity contribution in [2.75, 3.05) is 19.7 Å². The number of amides is 2. The van der Waals surface area contributed by atoms with E-state index in [2.05, 4.69) is 32.0 Å². The summed E-state index contributed by atoms with van der Waals surface area (Å²) < 4.78 is 29.2. The van der Waals surface area contributed by atoms with E-state index >= 15 is 4.39 Å². The summed E-state index contributed by atoms with van der Waals surface area (Å²) in [5, 5.41) is 5.92. The minimum absolute atomic E-state index is 0.0572. The minimum Gasteiger partial charge on any atom is -0.487 e. The summed E-state index contributed by atoms with van der Waals surface area (Å²) in [6.45, 7) is 4.79. The average Bonchev–Trinajstić information content (AvgIpc) is 3.61. The number of nitrogens with zero attached hydrogens (tertiary/aromatic N) is 3. The largest absolute Gasteiger partial charge is 0.487 e. The smallest absolute Gasteiger partial charge is 0.258 e. The molecule has 1 aromatic heterocycles. The van der Waals surface area contributed by atoms with Crippen LogP contribution in [0.1, 0.15) is 28.5 Å². The Balaban J connectivity index is 1.31. The maximum Gasteiger partial charge on any atom is 0.258 e. The van der Waals surface area contributed by atoms with E-state index in [1.165, 1.54) is 12.1 Å². The van der Waals surface area contributed by atoms with Crippen LogP contribution in [0.3, 0.4) is 0 Å². The number of carbonyl (C=O) groups excluding carboxylic acids is 2. The number of aromatic nitrogens is 2. The van der Waals surface area contributed by atoms with Gasteiger partial charge in [-0.2, -0.15) is 0 Å². The van der Waals surface area contributed by atoms with Crippen molar-refractivity contribution in [1.82, 2.24) is 25.1 Å². The third kappa shape index (κ3) is 6.13. The Morgan fingerprint density at radius 3 is 2.67 bits per heavy atom. The van der Waals surface area contributed by atoms with Crippen LogP contribution in [-0.4, -0.2) is 58.1 Å². The summed E-state index contributed by atoms with van der Waals surface area (Å²) in [7, 11) is 0. The number of nitrogens with one attached hydrogen (secondary N) is 2. The summed E-state index contributed by atoms with van der Waals surface area (Å²) in [5.41, 5.74) is 3.30. The Labute approximate surface area is 243 Å². The van der Waals surface area contributed by atoms with Crippen LogP contribution in [0, 0.1) is 5.82 Å². The van der Waals surface area contributed by atoms with E-state index in [1.807, 2.05) is 36.5 Å². The third-order valence-corrected chi connectivity index (χ3v) is 7.63. The van der Waals surface area contributed by atoms with Crippen LogP contribution in [0.5, 0.6) is 11.5 Å². The van der Waals surface area contributed by atoms with E-state index in [0.29, 0.717) is 43.2 Å². The second-order valence-corrected chi connectivity index (χ2v) is 10.5. The molecule has 42 heavy (non-hydrogen) atoms. The van der Waals surface area contributed by atoms with Crippen molar-refractivity contribution in [2.45, 2.75) is 38.7 Å². The number of rotatable bonds is 3. The number of hydrogen-bond acceptors (Lipinski definition) is 6. The molecule has 4 aromatic rings. The molecule has 10 heteroatoms. The first-order valence-electron chi connectivity index (χ1n) is 14.0. The van der Waals surface area contributed by atoms with Gasteiger partial charge in [0.1, 0.15) is 23.4 Å². The van der Waals surface area contributed by atoms with Crippen molar-refractivity contribution in [1.29, 1.82) is 0 Å². The molecular formula is C32H32FN5O4. The Hall–Kier alpha value is -4.70. The summed E-state index contributed by atoms with van der Waals surface area (Å²) in [4.78, 5) is 32.4. The van der Waals surface area contributed by atoms with Crippen molar-refractivity contribution in [3.8, 4) is 22.6 Å². The highest BCUT2D eigenvalue weighted by molar-refractivity contribution is 5.96. The zero-order chi connectivity index (χ0) is 29.1. The molecule has 6 bridgehead atoms. The quantitative estimate of drug-likeness (QED) is 0.390. The number of hydrogen-bond donors (Lipinski definition) is 2. The Morgan fingerprint density at radius 2 is 1.83 bits per heavy atom. The number of imidazole rings is 1. The molecule has 216 valence electrons. The monoisotopic (exact) mass is 569 g/mol. The molecule has 1 saturated heterocycles. The van der Waals surface area contributed by atoms with Crippen LogP contribution in [0.15, 0.2) is 79.3 Å². The molecular weight excluding hydrogens is 537 g/mol. The molecule has 4 heterocycles. The van der Waals surface area contributed by atoms with Gasteiger partial charge in [-0.05, 0) is 60.0 Å². The fourth-order valence-electron chi connectivity index (χ4n) is 5.38. The number of aryl methyl sites for hydroxylation is 1. The molecule has 3 aliphatic rings. The normalized spacial score (nSPS) is 19.3. The van der Waals surface area contributed by atoms with Gasteiger partial charge in [0.05, 0.1) is 23.6 Å². The van der Waals surface area contributed by atoms with Gasteiger partial charge in [-0.1, -0.05) is 30.3 Å². The third-order valence-electron chi connectivity index (χ3n) is 7.63. The lowest BCUT2D eigenvalue weighted by molar-refractivity contribution is -0.123. The van der Waals surface area contributed by atoms with Gasteiger partial charge in [0.2, 0.25) is 0 Å². The number of halogens is 1. The zero-order valence-electron chi connectivity index (χ0n) is 23.3. The Morgan fingerprint density at radius 1 is 1.00 bits per heavy atom. The molecule has 0 saturated carbocycles. The topological polar surface area (TPSA) is 97.7 Å². The van der Waals surface area contributed by atoms with Crippen LogP contribution in [0.25, 0.3) is 11.1 Å². The highest BCUT2D eigenvalue weighted by Gasteiger charge is 2.36. The SMILES string of the molecule is CCn1cncc1CN1C[C@@H]2NC(=O)c3cc(ccc3F)-c3cccc(c3)OCC(=O)NCc3ccc(cc3)O[C@H]2C1. The fourth-order valence-corrected chi connectivity index (χ4v) is 5.38. The molecule has 9 nitrogen and oxygen atoms in total. The van der Waals surface area contributed by atoms with Gasteiger partial charge in [-0.25, -0.2) is 9.37 Å². The van der Waals surface area contributed by atoms with E-state index < -0.39 is 11.7 Å². The molecule has 7 rings (SSSR count). The first-order chi connectivity index (χ1) is 20.4. The molecule has 2 amide bonds. The van der Waals surface area contributed by atoms with Crippen LogP contribution in [-0.2, 0) is 24.4 Å². The van der Waals surface area contributed by atoms with Crippen molar-refractivity contribution >= 4 is 11.8 Å². The number of fused-ring (bicyclic) bond motifs is 7. The van der Waals surface area contributed by atoms with Crippen LogP contribution < -0.4 is 20.1 Å². The summed E-state index contributed by atoms with van der Waals surface area (Å²) in [6.07, 6.45) is 3.28. The predicted octanol–water partition coefficient (Wildman–Crippen LogP) is 3.78. The lowest BCUT2D eigenvalue weighted by Crippen LogP contribution is -2.45. The molecule has 0 aliphatic carbocycles. The molecule has 0 unspecified atom stereocenters. The molecule has 1 fully saturated rings. The molecule has 0 spiro atoms. The maximum absolute atomic E-state index is 15.0.